The molecule has 4 nitrogen and oxygen atoms in total. The van der Waals surface area contributed by atoms with Gasteiger partial charge in [0.25, 0.3) is 0 Å². The largest absolute Gasteiger partial charge is 0.313 e. The molecule has 0 unspecified atom stereocenters. The number of rotatable bonds is 5. The average molecular weight is 248 g/mol. The summed E-state index contributed by atoms with van der Waals surface area (Å²) in [6.07, 6.45) is 7.62. The highest BCUT2D eigenvalue weighted by atomic mass is 15.3. The molecule has 1 aliphatic heterocycles. The molecule has 18 heavy (non-hydrogen) atoms. The van der Waals surface area contributed by atoms with E-state index in [9.17, 15) is 0 Å². The Hall–Kier alpha value is -0.870. The molecule has 0 spiro atoms. The fraction of sp³-hybridized carbons (Fsp3) is 0.786. The summed E-state index contributed by atoms with van der Waals surface area (Å²) in [5, 5.41) is 8.06. The molecule has 1 aliphatic carbocycles. The second kappa shape index (κ2) is 5.02. The van der Waals surface area contributed by atoms with Crippen molar-refractivity contribution < 1.29 is 0 Å². The molecule has 1 aromatic rings. The highest BCUT2D eigenvalue weighted by Crippen LogP contribution is 2.29. The van der Waals surface area contributed by atoms with Crippen molar-refractivity contribution in [1.29, 1.82) is 0 Å². The first-order valence-electron chi connectivity index (χ1n) is 7.19. The molecule has 0 radical (unpaired) electrons. The van der Waals surface area contributed by atoms with Gasteiger partial charge >= 0.3 is 0 Å². The molecule has 2 heterocycles. The Morgan fingerprint density at radius 2 is 2.28 bits per heavy atom. The molecule has 2 aliphatic rings. The highest BCUT2D eigenvalue weighted by molar-refractivity contribution is 5.15. The summed E-state index contributed by atoms with van der Waals surface area (Å²) in [4.78, 5) is 2.66. The first-order chi connectivity index (χ1) is 8.72. The molecule has 3 rings (SSSR count). The van der Waals surface area contributed by atoms with Crippen molar-refractivity contribution in [2.45, 2.75) is 51.2 Å². The lowest BCUT2D eigenvalue weighted by Crippen LogP contribution is -2.38. The zero-order valence-electron chi connectivity index (χ0n) is 11.5. The Balaban J connectivity index is 1.64. The van der Waals surface area contributed by atoms with E-state index in [1.165, 1.54) is 50.0 Å². The monoisotopic (exact) mass is 248 g/mol. The maximum absolute atomic E-state index is 4.45. The van der Waals surface area contributed by atoms with Crippen LogP contribution in [0, 0.1) is 6.92 Å². The molecule has 0 aromatic carbocycles. The third kappa shape index (κ3) is 2.75. The van der Waals surface area contributed by atoms with Gasteiger partial charge in [0, 0.05) is 44.0 Å². The number of hydrogen-bond acceptors (Lipinski definition) is 3. The summed E-state index contributed by atoms with van der Waals surface area (Å²) in [6.45, 7) is 5.60. The fourth-order valence-corrected chi connectivity index (χ4v) is 3.00. The minimum Gasteiger partial charge on any atom is -0.313 e. The topological polar surface area (TPSA) is 33.1 Å². The normalized spacial score (nSPS) is 24.1. The molecule has 2 fully saturated rings. The van der Waals surface area contributed by atoms with Gasteiger partial charge in [-0.05, 0) is 39.2 Å². The van der Waals surface area contributed by atoms with Crippen LogP contribution in [0.1, 0.15) is 36.9 Å². The smallest absolute Gasteiger partial charge is 0.0638 e. The zero-order chi connectivity index (χ0) is 12.5. The predicted molar refractivity (Wildman–Crippen MR) is 72.4 cm³/mol. The molecular formula is C14H24N4. The minimum atomic E-state index is 0.711. The van der Waals surface area contributed by atoms with E-state index < -0.39 is 0 Å². The molecule has 0 bridgehead atoms. The number of aryl methyl sites for hydroxylation is 2. The molecule has 1 N–H and O–H groups in total. The highest BCUT2D eigenvalue weighted by Gasteiger charge is 2.31. The molecule has 1 atom stereocenters. The lowest BCUT2D eigenvalue weighted by atomic mass is 10.2. The van der Waals surface area contributed by atoms with Crippen LogP contribution in [0.3, 0.4) is 0 Å². The molecule has 1 saturated heterocycles. The van der Waals surface area contributed by atoms with Gasteiger partial charge in [0.1, 0.15) is 0 Å². The van der Waals surface area contributed by atoms with Gasteiger partial charge in [-0.3, -0.25) is 9.58 Å². The van der Waals surface area contributed by atoms with E-state index >= 15 is 0 Å². The maximum Gasteiger partial charge on any atom is 0.0638 e. The molecular weight excluding hydrogens is 224 g/mol. The first kappa shape index (κ1) is 12.2. The molecule has 0 amide bonds. The Morgan fingerprint density at radius 3 is 2.83 bits per heavy atom. The van der Waals surface area contributed by atoms with Crippen LogP contribution < -0.4 is 5.32 Å². The Labute approximate surface area is 109 Å². The van der Waals surface area contributed by atoms with Crippen LogP contribution in [0.5, 0.6) is 0 Å². The first-order valence-corrected chi connectivity index (χ1v) is 7.19. The van der Waals surface area contributed by atoms with Crippen molar-refractivity contribution in [2.75, 3.05) is 13.1 Å². The van der Waals surface area contributed by atoms with E-state index in [1.807, 2.05) is 11.7 Å². The summed E-state index contributed by atoms with van der Waals surface area (Å²) < 4.78 is 1.93. The van der Waals surface area contributed by atoms with Gasteiger partial charge in [-0.15, -0.1) is 0 Å². The van der Waals surface area contributed by atoms with E-state index in [0.29, 0.717) is 6.04 Å². The van der Waals surface area contributed by atoms with Crippen LogP contribution in [-0.2, 0) is 13.6 Å². The molecule has 100 valence electrons. The Kier molecular flexibility index (Phi) is 3.39. The van der Waals surface area contributed by atoms with E-state index in [2.05, 4.69) is 28.4 Å². The van der Waals surface area contributed by atoms with E-state index in [0.717, 1.165) is 12.6 Å². The maximum atomic E-state index is 4.45. The second-order valence-corrected chi connectivity index (χ2v) is 5.87. The number of hydrogen-bond donors (Lipinski definition) is 1. The summed E-state index contributed by atoms with van der Waals surface area (Å²) in [7, 11) is 2.01. The molecule has 4 heteroatoms. The summed E-state index contributed by atoms with van der Waals surface area (Å²) in [5.74, 6) is 0. The minimum absolute atomic E-state index is 0.711. The third-order valence-corrected chi connectivity index (χ3v) is 4.17. The van der Waals surface area contributed by atoms with Crippen molar-refractivity contribution in [2.24, 2.45) is 7.05 Å². The van der Waals surface area contributed by atoms with Crippen LogP contribution in [0.4, 0.5) is 0 Å². The Morgan fingerprint density at radius 1 is 1.44 bits per heavy atom. The quantitative estimate of drug-likeness (QED) is 0.856. The lowest BCUT2D eigenvalue weighted by molar-refractivity contribution is 0.231. The van der Waals surface area contributed by atoms with Gasteiger partial charge in [0.05, 0.1) is 5.69 Å². The third-order valence-electron chi connectivity index (χ3n) is 4.17. The van der Waals surface area contributed by atoms with Gasteiger partial charge in [0.2, 0.25) is 0 Å². The standard InChI is InChI=1S/C14H24N4/c1-11-12(8-17(2)16-11)9-18(14-5-6-14)10-13-4-3-7-15-13/h8,13-15H,3-7,9-10H2,1-2H3/t13-/m1/s1. The van der Waals surface area contributed by atoms with Gasteiger partial charge in [-0.2, -0.15) is 5.10 Å². The van der Waals surface area contributed by atoms with Crippen LogP contribution >= 0.6 is 0 Å². The van der Waals surface area contributed by atoms with Crippen LogP contribution in [0.25, 0.3) is 0 Å². The van der Waals surface area contributed by atoms with Crippen molar-refractivity contribution in [1.82, 2.24) is 20.0 Å². The summed E-state index contributed by atoms with van der Waals surface area (Å²) >= 11 is 0. The Bertz CT molecular complexity index is 402. The lowest BCUT2D eigenvalue weighted by Gasteiger charge is -2.25. The molecule has 1 saturated carbocycles. The van der Waals surface area contributed by atoms with Gasteiger partial charge < -0.3 is 5.32 Å². The number of nitrogens with one attached hydrogen (secondary N) is 1. The average Bonchev–Trinajstić information content (AvgIpc) is 2.96. The SMILES string of the molecule is Cc1nn(C)cc1CN(C[C@H]1CCCN1)C1CC1. The van der Waals surface area contributed by atoms with Gasteiger partial charge in [0.15, 0.2) is 0 Å². The predicted octanol–water partition coefficient (Wildman–Crippen LogP) is 1.44. The number of aromatic nitrogens is 2. The van der Waals surface area contributed by atoms with Crippen molar-refractivity contribution in [3.05, 3.63) is 17.5 Å². The van der Waals surface area contributed by atoms with Crippen molar-refractivity contribution >= 4 is 0 Å². The number of nitrogens with zero attached hydrogens (tertiary/aromatic N) is 3. The fourth-order valence-electron chi connectivity index (χ4n) is 3.00. The van der Waals surface area contributed by atoms with Gasteiger partial charge in [-0.25, -0.2) is 0 Å². The van der Waals surface area contributed by atoms with E-state index in [-0.39, 0.29) is 0 Å². The van der Waals surface area contributed by atoms with Crippen LogP contribution in [0.2, 0.25) is 0 Å². The van der Waals surface area contributed by atoms with Crippen LogP contribution in [0.15, 0.2) is 6.20 Å². The zero-order valence-corrected chi connectivity index (χ0v) is 11.5. The summed E-state index contributed by atoms with van der Waals surface area (Å²) in [5.41, 5.74) is 2.57. The van der Waals surface area contributed by atoms with Gasteiger partial charge in [-0.1, -0.05) is 0 Å². The van der Waals surface area contributed by atoms with E-state index in [4.69, 9.17) is 0 Å². The van der Waals surface area contributed by atoms with Crippen molar-refractivity contribution in [3.63, 3.8) is 0 Å². The summed E-state index contributed by atoms with van der Waals surface area (Å²) in [6, 6.07) is 1.54. The van der Waals surface area contributed by atoms with Crippen molar-refractivity contribution in [3.8, 4) is 0 Å². The molecule has 1 aromatic heterocycles. The second-order valence-electron chi connectivity index (χ2n) is 5.87. The van der Waals surface area contributed by atoms with Crippen LogP contribution in [-0.4, -0.2) is 39.9 Å². The van der Waals surface area contributed by atoms with E-state index in [1.54, 1.807) is 0 Å².